The molecule has 0 aliphatic heterocycles. The molecule has 0 saturated carbocycles. The van der Waals surface area contributed by atoms with Gasteiger partial charge >= 0.3 is 0 Å². The van der Waals surface area contributed by atoms with Gasteiger partial charge in [-0.3, -0.25) is 4.98 Å². The number of pyridine rings is 1. The Labute approximate surface area is 112 Å². The van der Waals surface area contributed by atoms with Crippen molar-refractivity contribution in [2.75, 3.05) is 0 Å². The maximum atomic E-state index is 4.45. The van der Waals surface area contributed by atoms with Crippen molar-refractivity contribution in [2.45, 2.75) is 32.9 Å². The Morgan fingerprint density at radius 1 is 1.28 bits per heavy atom. The lowest BCUT2D eigenvalue weighted by atomic mass is 10.0. The van der Waals surface area contributed by atoms with Gasteiger partial charge in [0.05, 0.1) is 22.9 Å². The maximum absolute atomic E-state index is 4.45. The van der Waals surface area contributed by atoms with Gasteiger partial charge in [0, 0.05) is 18.1 Å². The molecule has 0 aliphatic rings. The second kappa shape index (κ2) is 6.61. The minimum absolute atomic E-state index is 0.299. The van der Waals surface area contributed by atoms with Gasteiger partial charge in [-0.05, 0) is 24.5 Å². The largest absolute Gasteiger partial charge is 0.303 e. The highest BCUT2D eigenvalue weighted by Gasteiger charge is 2.14. The van der Waals surface area contributed by atoms with Crippen molar-refractivity contribution < 1.29 is 0 Å². The quantitative estimate of drug-likeness (QED) is 0.866. The third-order valence-corrected chi connectivity index (χ3v) is 3.40. The lowest BCUT2D eigenvalue weighted by Crippen LogP contribution is -2.23. The molecule has 0 spiro atoms. The van der Waals surface area contributed by atoms with Crippen LogP contribution < -0.4 is 5.32 Å². The van der Waals surface area contributed by atoms with Crippen molar-refractivity contribution in [1.29, 1.82) is 0 Å². The van der Waals surface area contributed by atoms with Crippen LogP contribution in [-0.4, -0.2) is 9.97 Å². The summed E-state index contributed by atoms with van der Waals surface area (Å²) in [5, 5.41) is 5.63. The summed E-state index contributed by atoms with van der Waals surface area (Å²) in [4.78, 5) is 8.75. The highest BCUT2D eigenvalue weighted by atomic mass is 32.1. The molecule has 0 fully saturated rings. The molecule has 4 heteroatoms. The van der Waals surface area contributed by atoms with Crippen molar-refractivity contribution in [3.63, 3.8) is 0 Å². The monoisotopic (exact) mass is 261 g/mol. The minimum atomic E-state index is 0.299. The van der Waals surface area contributed by atoms with Gasteiger partial charge in [-0.1, -0.05) is 19.9 Å². The molecule has 0 radical (unpaired) electrons. The average Bonchev–Trinajstić information content (AvgIpc) is 2.88. The fourth-order valence-corrected chi connectivity index (χ4v) is 2.47. The molecule has 2 aromatic heterocycles. The Morgan fingerprint density at radius 3 is 2.78 bits per heavy atom. The van der Waals surface area contributed by atoms with Crippen LogP contribution in [0, 0.1) is 5.92 Å². The summed E-state index contributed by atoms with van der Waals surface area (Å²) >= 11 is 1.63. The van der Waals surface area contributed by atoms with Crippen LogP contribution in [0.1, 0.15) is 37.7 Å². The zero-order valence-corrected chi connectivity index (χ0v) is 11.7. The van der Waals surface area contributed by atoms with Crippen LogP contribution in [-0.2, 0) is 6.54 Å². The summed E-state index contributed by atoms with van der Waals surface area (Å²) in [5.74, 6) is 0.639. The number of aromatic nitrogens is 2. The number of rotatable bonds is 6. The van der Waals surface area contributed by atoms with Crippen molar-refractivity contribution in [3.05, 3.63) is 46.7 Å². The number of hydrogen-bond donors (Lipinski definition) is 1. The molecule has 0 saturated heterocycles. The number of nitrogens with zero attached hydrogens (tertiary/aromatic N) is 2. The first kappa shape index (κ1) is 13.2. The molecule has 18 heavy (non-hydrogen) atoms. The first-order valence-corrected chi connectivity index (χ1v) is 7.21. The molecule has 3 nitrogen and oxygen atoms in total. The highest BCUT2D eigenvalue weighted by Crippen LogP contribution is 2.19. The second-order valence-electron chi connectivity index (χ2n) is 4.80. The molecular weight excluding hydrogens is 242 g/mol. The van der Waals surface area contributed by atoms with Crippen LogP contribution in [0.3, 0.4) is 0 Å². The normalized spacial score (nSPS) is 12.8. The molecule has 0 aromatic carbocycles. The maximum Gasteiger partial charge on any atom is 0.0795 e. The first-order valence-electron chi connectivity index (χ1n) is 6.27. The SMILES string of the molecule is CC(C)C[C@@H](NCc1cscn1)c1ccccn1. The Kier molecular flexibility index (Phi) is 4.84. The van der Waals surface area contributed by atoms with Gasteiger partial charge in [0.15, 0.2) is 0 Å². The summed E-state index contributed by atoms with van der Waals surface area (Å²) < 4.78 is 0. The molecule has 2 aromatic rings. The van der Waals surface area contributed by atoms with E-state index in [0.717, 1.165) is 24.4 Å². The topological polar surface area (TPSA) is 37.8 Å². The van der Waals surface area contributed by atoms with E-state index in [2.05, 4.69) is 40.6 Å². The Bertz CT molecular complexity index is 439. The van der Waals surface area contributed by atoms with Gasteiger partial charge in [0.1, 0.15) is 0 Å². The molecule has 2 heterocycles. The number of thiazole rings is 1. The Morgan fingerprint density at radius 2 is 2.17 bits per heavy atom. The van der Waals surface area contributed by atoms with E-state index in [4.69, 9.17) is 0 Å². The van der Waals surface area contributed by atoms with Gasteiger partial charge in [-0.25, -0.2) is 4.98 Å². The summed E-state index contributed by atoms with van der Waals surface area (Å²) in [5.41, 5.74) is 4.08. The molecule has 1 atom stereocenters. The van der Waals surface area contributed by atoms with E-state index < -0.39 is 0 Å². The molecule has 96 valence electrons. The van der Waals surface area contributed by atoms with Crippen LogP contribution in [0.2, 0.25) is 0 Å². The molecular formula is C14H19N3S. The molecule has 0 unspecified atom stereocenters. The molecule has 0 amide bonds. The summed E-state index contributed by atoms with van der Waals surface area (Å²) in [6.45, 7) is 5.28. The van der Waals surface area contributed by atoms with E-state index in [9.17, 15) is 0 Å². The van der Waals surface area contributed by atoms with Crippen molar-refractivity contribution in [2.24, 2.45) is 5.92 Å². The van der Waals surface area contributed by atoms with Crippen LogP contribution in [0.15, 0.2) is 35.3 Å². The lowest BCUT2D eigenvalue weighted by Gasteiger charge is -2.19. The van der Waals surface area contributed by atoms with E-state index in [-0.39, 0.29) is 0 Å². The summed E-state index contributed by atoms with van der Waals surface area (Å²) in [6.07, 6.45) is 2.94. The van der Waals surface area contributed by atoms with Gasteiger partial charge in [0.2, 0.25) is 0 Å². The molecule has 0 bridgehead atoms. The summed E-state index contributed by atoms with van der Waals surface area (Å²) in [6, 6.07) is 6.38. The fourth-order valence-electron chi connectivity index (χ4n) is 1.91. The van der Waals surface area contributed by atoms with Crippen LogP contribution in [0.5, 0.6) is 0 Å². The van der Waals surface area contributed by atoms with Crippen molar-refractivity contribution in [3.8, 4) is 0 Å². The van der Waals surface area contributed by atoms with E-state index >= 15 is 0 Å². The lowest BCUT2D eigenvalue weighted by molar-refractivity contribution is 0.419. The molecule has 0 aliphatic carbocycles. The molecule has 2 rings (SSSR count). The second-order valence-corrected chi connectivity index (χ2v) is 5.52. The number of hydrogen-bond acceptors (Lipinski definition) is 4. The predicted octanol–water partition coefficient (Wildman–Crippen LogP) is 3.42. The third-order valence-electron chi connectivity index (χ3n) is 2.76. The first-order chi connectivity index (χ1) is 8.75. The number of nitrogens with one attached hydrogen (secondary N) is 1. The predicted molar refractivity (Wildman–Crippen MR) is 75.4 cm³/mol. The van der Waals surface area contributed by atoms with Crippen molar-refractivity contribution >= 4 is 11.3 Å². The molecule has 1 N–H and O–H groups in total. The highest BCUT2D eigenvalue weighted by molar-refractivity contribution is 7.07. The zero-order valence-electron chi connectivity index (χ0n) is 10.8. The van der Waals surface area contributed by atoms with Crippen LogP contribution >= 0.6 is 11.3 Å². The fraction of sp³-hybridized carbons (Fsp3) is 0.429. The van der Waals surface area contributed by atoms with Gasteiger partial charge in [0.25, 0.3) is 0 Å². The Balaban J connectivity index is 2.01. The minimum Gasteiger partial charge on any atom is -0.303 e. The van der Waals surface area contributed by atoms with Gasteiger partial charge in [-0.15, -0.1) is 11.3 Å². The van der Waals surface area contributed by atoms with Gasteiger partial charge < -0.3 is 5.32 Å². The van der Waals surface area contributed by atoms with E-state index in [1.807, 2.05) is 23.8 Å². The summed E-state index contributed by atoms with van der Waals surface area (Å²) in [7, 11) is 0. The third kappa shape index (κ3) is 3.89. The van der Waals surface area contributed by atoms with E-state index in [1.165, 1.54) is 0 Å². The van der Waals surface area contributed by atoms with Crippen LogP contribution in [0.25, 0.3) is 0 Å². The van der Waals surface area contributed by atoms with Crippen LogP contribution in [0.4, 0.5) is 0 Å². The van der Waals surface area contributed by atoms with E-state index in [1.54, 1.807) is 11.3 Å². The smallest absolute Gasteiger partial charge is 0.0795 e. The zero-order chi connectivity index (χ0) is 12.8. The van der Waals surface area contributed by atoms with E-state index in [0.29, 0.717) is 12.0 Å². The van der Waals surface area contributed by atoms with Crippen molar-refractivity contribution in [1.82, 2.24) is 15.3 Å². The average molecular weight is 261 g/mol. The Hall–Kier alpha value is -1.26. The standard InChI is InChI=1S/C14H19N3S/c1-11(2)7-14(13-5-3-4-6-15-13)16-8-12-9-18-10-17-12/h3-6,9-11,14,16H,7-8H2,1-2H3/t14-/m1/s1. The van der Waals surface area contributed by atoms with Gasteiger partial charge in [-0.2, -0.15) is 0 Å².